The lowest BCUT2D eigenvalue weighted by Crippen LogP contribution is -1.94. The molecule has 1 aliphatic carbocycles. The number of hydrogen-bond acceptors (Lipinski definition) is 7. The van der Waals surface area contributed by atoms with Crippen LogP contribution in [0.15, 0.2) is 0 Å². The van der Waals surface area contributed by atoms with Crippen LogP contribution < -0.4 is 5.73 Å². The number of aromatic nitrogens is 5. The highest BCUT2D eigenvalue weighted by Crippen LogP contribution is 2.40. The van der Waals surface area contributed by atoms with Gasteiger partial charge in [0.1, 0.15) is 5.01 Å². The molecule has 0 amide bonds. The molecule has 1 fully saturated rings. The molecule has 19 heavy (non-hydrogen) atoms. The second-order valence-corrected chi connectivity index (χ2v) is 6.70. The predicted molar refractivity (Wildman–Crippen MR) is 74.4 cm³/mol. The van der Waals surface area contributed by atoms with Gasteiger partial charge in [-0.05, 0) is 19.8 Å². The van der Waals surface area contributed by atoms with E-state index in [1.807, 2.05) is 11.4 Å². The van der Waals surface area contributed by atoms with Crippen LogP contribution in [0.5, 0.6) is 0 Å². The molecule has 3 heterocycles. The normalized spacial score (nSPS) is 15.5. The molecule has 0 saturated heterocycles. The van der Waals surface area contributed by atoms with E-state index in [2.05, 4.69) is 20.3 Å². The van der Waals surface area contributed by atoms with Crippen molar-refractivity contribution in [2.75, 3.05) is 0 Å². The second-order valence-electron chi connectivity index (χ2n) is 4.66. The Morgan fingerprint density at radius 2 is 2.16 bits per heavy atom. The molecule has 0 aromatic carbocycles. The van der Waals surface area contributed by atoms with Crippen LogP contribution >= 0.6 is 22.7 Å². The van der Waals surface area contributed by atoms with Crippen LogP contribution in [0.2, 0.25) is 0 Å². The van der Waals surface area contributed by atoms with Crippen molar-refractivity contribution in [3.8, 4) is 9.88 Å². The largest absolute Gasteiger partial charge is 0.325 e. The zero-order valence-electron chi connectivity index (χ0n) is 10.3. The molecule has 0 unspecified atom stereocenters. The molecule has 4 rings (SSSR count). The fraction of sp³-hybridized carbons (Fsp3) is 0.455. The van der Waals surface area contributed by atoms with Crippen molar-refractivity contribution in [3.63, 3.8) is 0 Å². The number of thiazole rings is 1. The average Bonchev–Trinajstić information content (AvgIpc) is 2.87. The van der Waals surface area contributed by atoms with Crippen molar-refractivity contribution in [1.82, 2.24) is 24.8 Å². The maximum Gasteiger partial charge on any atom is 0.235 e. The fourth-order valence-electron chi connectivity index (χ4n) is 2.06. The van der Waals surface area contributed by atoms with Crippen molar-refractivity contribution >= 4 is 27.6 Å². The van der Waals surface area contributed by atoms with Gasteiger partial charge in [-0.2, -0.15) is 9.61 Å². The van der Waals surface area contributed by atoms with Crippen LogP contribution in [0.4, 0.5) is 0 Å². The van der Waals surface area contributed by atoms with Gasteiger partial charge in [0.05, 0.1) is 10.6 Å². The highest BCUT2D eigenvalue weighted by atomic mass is 32.1. The number of fused-ring (bicyclic) bond motifs is 1. The second kappa shape index (κ2) is 4.06. The summed E-state index contributed by atoms with van der Waals surface area (Å²) in [6.07, 6.45) is 2.40. The zero-order chi connectivity index (χ0) is 13.0. The molecule has 1 aliphatic rings. The quantitative estimate of drug-likeness (QED) is 0.798. The highest BCUT2D eigenvalue weighted by Gasteiger charge is 2.30. The topological polar surface area (TPSA) is 82.0 Å². The predicted octanol–water partition coefficient (Wildman–Crippen LogP) is 1.95. The van der Waals surface area contributed by atoms with E-state index >= 15 is 0 Å². The molecule has 8 heteroatoms. The van der Waals surface area contributed by atoms with Gasteiger partial charge < -0.3 is 5.73 Å². The van der Waals surface area contributed by atoms with Gasteiger partial charge in [0, 0.05) is 12.5 Å². The third-order valence-corrected chi connectivity index (χ3v) is 5.40. The van der Waals surface area contributed by atoms with Crippen molar-refractivity contribution in [2.24, 2.45) is 5.73 Å². The Morgan fingerprint density at radius 1 is 1.32 bits per heavy atom. The molecule has 3 aromatic heterocycles. The smallest absolute Gasteiger partial charge is 0.235 e. The van der Waals surface area contributed by atoms with Crippen LogP contribution in [0.3, 0.4) is 0 Å². The van der Waals surface area contributed by atoms with E-state index in [-0.39, 0.29) is 0 Å². The first-order valence-corrected chi connectivity index (χ1v) is 7.78. The summed E-state index contributed by atoms with van der Waals surface area (Å²) >= 11 is 3.17. The third kappa shape index (κ3) is 1.78. The van der Waals surface area contributed by atoms with Crippen LogP contribution in [0, 0.1) is 6.92 Å². The van der Waals surface area contributed by atoms with Crippen molar-refractivity contribution in [1.29, 1.82) is 0 Å². The van der Waals surface area contributed by atoms with Gasteiger partial charge in [-0.25, -0.2) is 4.98 Å². The van der Waals surface area contributed by atoms with E-state index in [4.69, 9.17) is 5.73 Å². The van der Waals surface area contributed by atoms with E-state index in [0.29, 0.717) is 12.5 Å². The van der Waals surface area contributed by atoms with Crippen molar-refractivity contribution < 1.29 is 0 Å². The minimum absolute atomic E-state index is 0.475. The molecule has 98 valence electrons. The Kier molecular flexibility index (Phi) is 2.44. The average molecular weight is 292 g/mol. The first kappa shape index (κ1) is 11.4. The molecule has 1 saturated carbocycles. The van der Waals surface area contributed by atoms with E-state index in [1.54, 1.807) is 22.7 Å². The Bertz CT molecular complexity index is 751. The molecule has 0 spiro atoms. The number of hydrogen-bond donors (Lipinski definition) is 1. The Morgan fingerprint density at radius 3 is 2.84 bits per heavy atom. The number of nitrogens with zero attached hydrogens (tertiary/aromatic N) is 5. The molecule has 0 bridgehead atoms. The lowest BCUT2D eigenvalue weighted by Gasteiger charge is -1.91. The molecule has 0 atom stereocenters. The number of aryl methyl sites for hydroxylation is 1. The summed E-state index contributed by atoms with van der Waals surface area (Å²) in [6.45, 7) is 2.47. The lowest BCUT2D eigenvalue weighted by atomic mass is 10.4. The van der Waals surface area contributed by atoms with E-state index in [0.717, 1.165) is 31.4 Å². The van der Waals surface area contributed by atoms with Gasteiger partial charge in [-0.15, -0.1) is 21.5 Å². The van der Waals surface area contributed by atoms with Gasteiger partial charge in [0.2, 0.25) is 4.96 Å². The summed E-state index contributed by atoms with van der Waals surface area (Å²) in [6, 6.07) is 0. The fourth-order valence-corrected chi connectivity index (χ4v) is 3.97. The molecule has 2 N–H and O–H groups in total. The summed E-state index contributed by atoms with van der Waals surface area (Å²) < 4.78 is 1.89. The summed E-state index contributed by atoms with van der Waals surface area (Å²) in [5, 5.41) is 15.0. The summed E-state index contributed by atoms with van der Waals surface area (Å²) in [7, 11) is 0. The summed E-state index contributed by atoms with van der Waals surface area (Å²) in [5.41, 5.74) is 6.63. The third-order valence-electron chi connectivity index (χ3n) is 3.17. The number of nitrogens with two attached hydrogens (primary N) is 1. The standard InChI is InChI=1S/C11H12N6S2/c1-5-8(18-7(4-12)13-5)10-16-17-9(6-2-3-6)14-15-11(17)19-10/h6H,2-4,12H2,1H3. The lowest BCUT2D eigenvalue weighted by molar-refractivity contribution is 0.828. The van der Waals surface area contributed by atoms with Gasteiger partial charge >= 0.3 is 0 Å². The first-order valence-electron chi connectivity index (χ1n) is 6.15. The van der Waals surface area contributed by atoms with Crippen LogP contribution in [0.25, 0.3) is 14.8 Å². The Hall–Kier alpha value is -1.38. The minimum atomic E-state index is 0.475. The van der Waals surface area contributed by atoms with Crippen molar-refractivity contribution in [2.45, 2.75) is 32.2 Å². The van der Waals surface area contributed by atoms with Gasteiger partial charge in [-0.3, -0.25) is 0 Å². The van der Waals surface area contributed by atoms with Crippen LogP contribution in [-0.4, -0.2) is 24.8 Å². The molecular formula is C11H12N6S2. The SMILES string of the molecule is Cc1nc(CN)sc1-c1nn2c(C3CC3)nnc2s1. The maximum atomic E-state index is 5.64. The van der Waals surface area contributed by atoms with Gasteiger partial charge in [0.25, 0.3) is 0 Å². The maximum absolute atomic E-state index is 5.64. The zero-order valence-corrected chi connectivity index (χ0v) is 12.0. The summed E-state index contributed by atoms with van der Waals surface area (Å²) in [4.78, 5) is 6.40. The van der Waals surface area contributed by atoms with E-state index in [1.165, 1.54) is 12.8 Å². The van der Waals surface area contributed by atoms with Crippen LogP contribution in [0.1, 0.15) is 35.3 Å². The Labute approximate surface area is 117 Å². The molecule has 0 radical (unpaired) electrons. The summed E-state index contributed by atoms with van der Waals surface area (Å²) in [5.74, 6) is 1.55. The van der Waals surface area contributed by atoms with E-state index < -0.39 is 0 Å². The molecule has 0 aliphatic heterocycles. The number of rotatable bonds is 3. The molecule has 6 nitrogen and oxygen atoms in total. The first-order chi connectivity index (χ1) is 9.26. The van der Waals surface area contributed by atoms with Gasteiger partial charge in [0.15, 0.2) is 10.8 Å². The highest BCUT2D eigenvalue weighted by molar-refractivity contribution is 7.24. The monoisotopic (exact) mass is 292 g/mol. The Balaban J connectivity index is 1.83. The molecular weight excluding hydrogens is 280 g/mol. The van der Waals surface area contributed by atoms with Crippen molar-refractivity contribution in [3.05, 3.63) is 16.5 Å². The van der Waals surface area contributed by atoms with E-state index in [9.17, 15) is 0 Å². The van der Waals surface area contributed by atoms with Crippen LogP contribution in [-0.2, 0) is 6.54 Å². The minimum Gasteiger partial charge on any atom is -0.325 e. The molecule has 3 aromatic rings. The van der Waals surface area contributed by atoms with Gasteiger partial charge in [-0.1, -0.05) is 11.3 Å².